The molecule has 2 heterocycles. The molecule has 232 valence electrons. The summed E-state index contributed by atoms with van der Waals surface area (Å²) in [6.07, 6.45) is 0.883. The number of likely N-dealkylation sites (tertiary alicyclic amines) is 1. The molecule has 0 saturated carbocycles. The van der Waals surface area contributed by atoms with Gasteiger partial charge >= 0.3 is 0 Å². The number of carbonyl (C=O) groups excluding carboxylic acids is 1. The lowest BCUT2D eigenvalue weighted by Gasteiger charge is -2.34. The molecule has 13 heteroatoms. The molecular weight excluding hydrogens is 582 g/mol. The van der Waals surface area contributed by atoms with Crippen LogP contribution in [-0.4, -0.2) is 90.1 Å². The van der Waals surface area contributed by atoms with Crippen LogP contribution in [0.3, 0.4) is 0 Å². The van der Waals surface area contributed by atoms with Gasteiger partial charge in [0.25, 0.3) is 0 Å². The number of nitrogens with one attached hydrogen (secondary N) is 2. The fourth-order valence-electron chi connectivity index (χ4n) is 5.16. The number of methoxy groups -OCH3 is 2. The van der Waals surface area contributed by atoms with Crippen LogP contribution in [0.5, 0.6) is 11.5 Å². The van der Waals surface area contributed by atoms with Crippen molar-refractivity contribution < 1.29 is 22.7 Å². The van der Waals surface area contributed by atoms with Gasteiger partial charge in [0.1, 0.15) is 11.5 Å². The van der Waals surface area contributed by atoms with E-state index in [1.165, 1.54) is 26.4 Å². The molecule has 44 heavy (non-hydrogen) atoms. The number of amides is 1. The summed E-state index contributed by atoms with van der Waals surface area (Å²) in [5, 5.41) is 3.93. The van der Waals surface area contributed by atoms with Gasteiger partial charge in [-0.1, -0.05) is 18.2 Å². The number of hydrogen-bond acceptors (Lipinski definition) is 9. The summed E-state index contributed by atoms with van der Waals surface area (Å²) in [7, 11) is 3.10. The summed E-state index contributed by atoms with van der Waals surface area (Å²) in [6, 6.07) is 18.9. The lowest BCUT2D eigenvalue weighted by Crippen LogP contribution is -2.46. The normalized spacial score (nSPS) is 18.3. The Morgan fingerprint density at radius 3 is 2.32 bits per heavy atom. The molecule has 2 aliphatic heterocycles. The zero-order valence-electron chi connectivity index (χ0n) is 25.2. The van der Waals surface area contributed by atoms with E-state index in [4.69, 9.17) is 9.47 Å². The predicted molar refractivity (Wildman–Crippen MR) is 168 cm³/mol. The number of sulfonamides is 1. The number of rotatable bonds is 10. The van der Waals surface area contributed by atoms with Crippen molar-refractivity contribution >= 4 is 33.1 Å². The van der Waals surface area contributed by atoms with Crippen LogP contribution in [0, 0.1) is 0 Å². The van der Waals surface area contributed by atoms with Gasteiger partial charge in [-0.3, -0.25) is 14.7 Å². The van der Waals surface area contributed by atoms with E-state index in [1.807, 2.05) is 6.07 Å². The third kappa shape index (κ3) is 7.66. The first kappa shape index (κ1) is 31.3. The number of para-hydroxylation sites is 2. The van der Waals surface area contributed by atoms with Crippen LogP contribution in [0.15, 0.2) is 86.6 Å². The Morgan fingerprint density at radius 2 is 1.66 bits per heavy atom. The summed E-state index contributed by atoms with van der Waals surface area (Å²) in [5.41, 5.74) is 0.836. The Hall–Kier alpha value is -4.17. The molecule has 3 aromatic carbocycles. The molecule has 2 aliphatic rings. The highest BCUT2D eigenvalue weighted by molar-refractivity contribution is 7.89. The standard InChI is InChI=1S/C31H37N7O5S/c1-37(2)23-12-14-38(15-13-23)20-29(39)32-21-8-7-9-26(18-21)44(40,41)36-31-30(34-27-10-5-6-11-28(27)35-31)33-22-16-24(42-3)19-25(17-22)43-4/h5-11,16-19,23,31,36H,12-15,20H2,1-4H3,(H,32,39). The molecule has 1 atom stereocenters. The molecule has 1 saturated heterocycles. The third-order valence-electron chi connectivity index (χ3n) is 7.56. The average Bonchev–Trinajstić information content (AvgIpc) is 3.01. The molecule has 1 amide bonds. The summed E-state index contributed by atoms with van der Waals surface area (Å²) < 4.78 is 40.6. The van der Waals surface area contributed by atoms with Gasteiger partial charge in [-0.25, -0.2) is 18.4 Å². The summed E-state index contributed by atoms with van der Waals surface area (Å²) >= 11 is 0. The second kappa shape index (κ2) is 13.6. The van der Waals surface area contributed by atoms with E-state index in [9.17, 15) is 13.2 Å². The summed E-state index contributed by atoms with van der Waals surface area (Å²) in [5.74, 6) is 0.985. The van der Waals surface area contributed by atoms with E-state index in [2.05, 4.69) is 48.9 Å². The Kier molecular flexibility index (Phi) is 9.69. The SMILES string of the molecule is COc1cc(N=C2N=c3ccccc3=NC2NS(=O)(=O)c2cccc(NC(=O)CN3CCC(N(C)C)CC3)c2)cc(OC)c1. The highest BCUT2D eigenvalue weighted by Crippen LogP contribution is 2.28. The number of amidine groups is 1. The van der Waals surface area contributed by atoms with Gasteiger partial charge in [0.05, 0.1) is 42.1 Å². The van der Waals surface area contributed by atoms with E-state index in [1.54, 1.807) is 48.5 Å². The van der Waals surface area contributed by atoms with Crippen LogP contribution >= 0.6 is 0 Å². The summed E-state index contributed by atoms with van der Waals surface area (Å²) in [6.45, 7) is 1.91. The van der Waals surface area contributed by atoms with Gasteiger partial charge in [-0.15, -0.1) is 0 Å². The molecule has 0 bridgehead atoms. The minimum atomic E-state index is -4.11. The molecule has 5 rings (SSSR count). The molecule has 0 aliphatic carbocycles. The zero-order valence-corrected chi connectivity index (χ0v) is 26.0. The maximum Gasteiger partial charge on any atom is 0.242 e. The van der Waals surface area contributed by atoms with Crippen molar-refractivity contribution in [2.24, 2.45) is 15.0 Å². The number of fused-ring (bicyclic) bond motifs is 1. The highest BCUT2D eigenvalue weighted by atomic mass is 32.2. The van der Waals surface area contributed by atoms with Crippen LogP contribution in [0.1, 0.15) is 12.8 Å². The number of hydrogen-bond donors (Lipinski definition) is 2. The molecule has 1 fully saturated rings. The van der Waals surface area contributed by atoms with E-state index in [0.717, 1.165) is 25.9 Å². The van der Waals surface area contributed by atoms with E-state index in [0.29, 0.717) is 39.6 Å². The molecule has 2 N–H and O–H groups in total. The van der Waals surface area contributed by atoms with Crippen LogP contribution in [0.4, 0.5) is 11.4 Å². The first-order chi connectivity index (χ1) is 21.1. The maximum absolute atomic E-state index is 13.6. The predicted octanol–water partition coefficient (Wildman–Crippen LogP) is 1.96. The van der Waals surface area contributed by atoms with Crippen molar-refractivity contribution in [1.29, 1.82) is 0 Å². The van der Waals surface area contributed by atoms with Crippen molar-refractivity contribution in [2.75, 3.05) is 53.3 Å². The second-order valence-corrected chi connectivity index (χ2v) is 12.6. The topological polar surface area (TPSA) is 137 Å². The Bertz CT molecular complexity index is 1750. The quantitative estimate of drug-likeness (QED) is 0.354. The van der Waals surface area contributed by atoms with Crippen molar-refractivity contribution in [3.05, 3.63) is 77.4 Å². The first-order valence-corrected chi connectivity index (χ1v) is 15.8. The Morgan fingerprint density at radius 1 is 0.977 bits per heavy atom. The number of aliphatic imine (C=N–C) groups is 1. The number of benzene rings is 3. The van der Waals surface area contributed by atoms with Crippen molar-refractivity contribution in [2.45, 2.75) is 29.9 Å². The molecular formula is C31H37N7O5S. The molecule has 1 unspecified atom stereocenters. The smallest absolute Gasteiger partial charge is 0.242 e. The van der Waals surface area contributed by atoms with Crippen LogP contribution in [-0.2, 0) is 14.8 Å². The van der Waals surface area contributed by atoms with Crippen molar-refractivity contribution in [3.63, 3.8) is 0 Å². The van der Waals surface area contributed by atoms with Gasteiger partial charge in [0, 0.05) is 43.0 Å². The highest BCUT2D eigenvalue weighted by Gasteiger charge is 2.26. The zero-order chi connectivity index (χ0) is 31.3. The van der Waals surface area contributed by atoms with Gasteiger partial charge in [0.2, 0.25) is 15.9 Å². The van der Waals surface area contributed by atoms with Crippen LogP contribution < -0.4 is 30.2 Å². The average molecular weight is 620 g/mol. The van der Waals surface area contributed by atoms with E-state index >= 15 is 0 Å². The lowest BCUT2D eigenvalue weighted by molar-refractivity contribution is -0.117. The fourth-order valence-corrected chi connectivity index (χ4v) is 6.29. The van der Waals surface area contributed by atoms with Gasteiger partial charge in [0.15, 0.2) is 12.0 Å². The van der Waals surface area contributed by atoms with Crippen LogP contribution in [0.2, 0.25) is 0 Å². The molecule has 3 aromatic rings. The maximum atomic E-state index is 13.6. The first-order valence-electron chi connectivity index (χ1n) is 14.3. The summed E-state index contributed by atoms with van der Waals surface area (Å²) in [4.78, 5) is 31.0. The number of nitrogens with zero attached hydrogens (tertiary/aromatic N) is 5. The molecule has 0 aromatic heterocycles. The van der Waals surface area contributed by atoms with Crippen molar-refractivity contribution in [1.82, 2.24) is 14.5 Å². The van der Waals surface area contributed by atoms with Gasteiger partial charge < -0.3 is 19.7 Å². The monoisotopic (exact) mass is 619 g/mol. The largest absolute Gasteiger partial charge is 0.497 e. The van der Waals surface area contributed by atoms with Crippen molar-refractivity contribution in [3.8, 4) is 11.5 Å². The Balaban J connectivity index is 1.35. The molecule has 0 spiro atoms. The number of carbonyl (C=O) groups is 1. The van der Waals surface area contributed by atoms with Gasteiger partial charge in [-0.05, 0) is 57.3 Å². The Labute approximate surface area is 257 Å². The number of ether oxygens (including phenoxy) is 2. The second-order valence-electron chi connectivity index (χ2n) is 10.8. The number of anilines is 1. The molecule has 0 radical (unpaired) electrons. The van der Waals surface area contributed by atoms with E-state index < -0.39 is 16.2 Å². The fraction of sp³-hybridized carbons (Fsp3) is 0.355. The lowest BCUT2D eigenvalue weighted by atomic mass is 10.0. The minimum absolute atomic E-state index is 0.0291. The van der Waals surface area contributed by atoms with Crippen LogP contribution in [0.25, 0.3) is 0 Å². The third-order valence-corrected chi connectivity index (χ3v) is 8.97. The van der Waals surface area contributed by atoms with Gasteiger partial charge in [-0.2, -0.15) is 4.72 Å². The number of piperidine rings is 1. The molecule has 12 nitrogen and oxygen atoms in total. The van der Waals surface area contributed by atoms with E-state index in [-0.39, 0.29) is 23.2 Å². The minimum Gasteiger partial charge on any atom is -0.497 e.